The average molecular weight is 407 g/mol. The van der Waals surface area contributed by atoms with Crippen LogP contribution in [-0.2, 0) is 14.8 Å². The Balaban J connectivity index is 0.00000338. The molecule has 1 aromatic rings. The van der Waals surface area contributed by atoms with E-state index in [-0.39, 0.29) is 42.0 Å². The molecule has 1 saturated carbocycles. The van der Waals surface area contributed by atoms with Gasteiger partial charge in [0.05, 0.1) is 15.4 Å². The second-order valence-corrected chi connectivity index (χ2v) is 7.89. The van der Waals surface area contributed by atoms with Crippen molar-refractivity contribution in [1.29, 1.82) is 0 Å². The number of sulfonamides is 1. The fourth-order valence-electron chi connectivity index (χ4n) is 2.79. The number of nitrogens with two attached hydrogens (primary N) is 1. The van der Waals surface area contributed by atoms with Gasteiger partial charge in [0.1, 0.15) is 0 Å². The Morgan fingerprint density at radius 2 is 1.88 bits per heavy atom. The topological polar surface area (TPSA) is 144 Å². The van der Waals surface area contributed by atoms with Gasteiger partial charge in [0, 0.05) is 25.2 Å². The first-order valence-corrected chi connectivity index (χ1v) is 9.54. The van der Waals surface area contributed by atoms with Gasteiger partial charge >= 0.3 is 0 Å². The van der Waals surface area contributed by atoms with Gasteiger partial charge in [0.25, 0.3) is 5.69 Å². The molecule has 11 heteroatoms. The molecule has 146 valence electrons. The third kappa shape index (κ3) is 5.63. The second-order valence-electron chi connectivity index (χ2n) is 6.12. The van der Waals surface area contributed by atoms with E-state index in [0.29, 0.717) is 12.8 Å². The summed E-state index contributed by atoms with van der Waals surface area (Å²) in [5.41, 5.74) is 4.91. The predicted molar refractivity (Wildman–Crippen MR) is 98.5 cm³/mol. The molecule has 0 heterocycles. The summed E-state index contributed by atoms with van der Waals surface area (Å²) >= 11 is 0. The summed E-state index contributed by atoms with van der Waals surface area (Å²) < 4.78 is 26.6. The molecule has 26 heavy (non-hydrogen) atoms. The Kier molecular flexibility index (Phi) is 7.94. The van der Waals surface area contributed by atoms with Crippen molar-refractivity contribution in [3.63, 3.8) is 0 Å². The molecule has 1 aliphatic rings. The number of carbonyl (C=O) groups excluding carboxylic acids is 1. The number of nitrogens with zero attached hydrogens (tertiary/aromatic N) is 1. The highest BCUT2D eigenvalue weighted by atomic mass is 35.5. The third-order valence-electron chi connectivity index (χ3n) is 4.24. The zero-order chi connectivity index (χ0) is 18.5. The minimum Gasteiger partial charge on any atom is -0.353 e. The maximum absolute atomic E-state index is 12.1. The number of carbonyl (C=O) groups is 1. The lowest BCUT2D eigenvalue weighted by molar-refractivity contribution is -0.385. The van der Waals surface area contributed by atoms with Crippen molar-refractivity contribution in [2.45, 2.75) is 42.5 Å². The molecule has 2 rings (SSSR count). The molecule has 4 N–H and O–H groups in total. The molecule has 1 fully saturated rings. The lowest BCUT2D eigenvalue weighted by Crippen LogP contribution is -2.55. The number of amides is 1. The van der Waals surface area contributed by atoms with E-state index in [1.165, 1.54) is 18.2 Å². The first-order valence-electron chi connectivity index (χ1n) is 8.06. The van der Waals surface area contributed by atoms with Crippen LogP contribution in [0.2, 0.25) is 0 Å². The van der Waals surface area contributed by atoms with Gasteiger partial charge in [-0.2, -0.15) is 0 Å². The summed E-state index contributed by atoms with van der Waals surface area (Å²) in [6.07, 6.45) is 4.12. The highest BCUT2D eigenvalue weighted by Crippen LogP contribution is 2.25. The monoisotopic (exact) mass is 406 g/mol. The maximum atomic E-state index is 12.1. The van der Waals surface area contributed by atoms with Crippen LogP contribution in [0.1, 0.15) is 32.1 Å². The summed E-state index contributed by atoms with van der Waals surface area (Å²) in [5.74, 6) is -0.276. The van der Waals surface area contributed by atoms with E-state index in [4.69, 9.17) is 5.73 Å². The van der Waals surface area contributed by atoms with Crippen LogP contribution >= 0.6 is 12.4 Å². The van der Waals surface area contributed by atoms with Crippen molar-refractivity contribution in [1.82, 2.24) is 10.0 Å². The van der Waals surface area contributed by atoms with E-state index in [1.807, 2.05) is 0 Å². The quantitative estimate of drug-likeness (QED) is 0.351. The second kappa shape index (κ2) is 9.26. The largest absolute Gasteiger partial charge is 0.353 e. The molecule has 1 aliphatic carbocycles. The molecule has 1 amide bonds. The summed E-state index contributed by atoms with van der Waals surface area (Å²) in [4.78, 5) is 22.0. The Labute approximate surface area is 158 Å². The number of halogens is 1. The molecule has 0 unspecified atom stereocenters. The number of nitrogens with one attached hydrogen (secondary N) is 2. The van der Waals surface area contributed by atoms with E-state index in [9.17, 15) is 23.3 Å². The minimum absolute atomic E-state index is 0. The molecule has 0 spiro atoms. The Morgan fingerprint density at radius 1 is 1.23 bits per heavy atom. The zero-order valence-corrected chi connectivity index (χ0v) is 15.8. The van der Waals surface area contributed by atoms with E-state index in [0.717, 1.165) is 25.3 Å². The Morgan fingerprint density at radius 3 is 2.50 bits per heavy atom. The summed E-state index contributed by atoms with van der Waals surface area (Å²) in [6.45, 7) is 0.0544. The van der Waals surface area contributed by atoms with Gasteiger partial charge in [0.15, 0.2) is 0 Å². The molecule has 0 aliphatic heterocycles. The zero-order valence-electron chi connectivity index (χ0n) is 14.1. The summed E-state index contributed by atoms with van der Waals surface area (Å²) in [5, 5.41) is 13.4. The van der Waals surface area contributed by atoms with E-state index in [1.54, 1.807) is 0 Å². The lowest BCUT2D eigenvalue weighted by Gasteiger charge is -2.31. The van der Waals surface area contributed by atoms with E-state index >= 15 is 0 Å². The van der Waals surface area contributed by atoms with Gasteiger partial charge in [-0.3, -0.25) is 14.9 Å². The van der Waals surface area contributed by atoms with Gasteiger partial charge in [-0.1, -0.05) is 25.3 Å². The van der Waals surface area contributed by atoms with Gasteiger partial charge in [-0.05, 0) is 18.9 Å². The van der Waals surface area contributed by atoms with Crippen LogP contribution in [-0.4, -0.2) is 37.9 Å². The number of nitro groups is 1. The molecule has 0 radical (unpaired) electrons. The van der Waals surface area contributed by atoms with Crippen molar-refractivity contribution in [3.8, 4) is 0 Å². The van der Waals surface area contributed by atoms with Crippen molar-refractivity contribution in [3.05, 3.63) is 34.4 Å². The van der Waals surface area contributed by atoms with Crippen molar-refractivity contribution in [2.24, 2.45) is 5.73 Å². The molecule has 0 atom stereocenters. The Bertz CT molecular complexity index is 750. The number of nitro benzene ring substituents is 1. The van der Waals surface area contributed by atoms with E-state index in [2.05, 4.69) is 10.0 Å². The first-order chi connectivity index (χ1) is 11.7. The third-order valence-corrected chi connectivity index (χ3v) is 5.70. The SMILES string of the molecule is Cl.NC1(C(=O)NCCNS(=O)(=O)c2cccc([N+](=O)[O-])c2)CCCCC1. The van der Waals surface area contributed by atoms with Crippen molar-refractivity contribution < 1.29 is 18.1 Å². The van der Waals surface area contributed by atoms with Gasteiger partial charge < -0.3 is 11.1 Å². The molecule has 0 aromatic heterocycles. The molecule has 9 nitrogen and oxygen atoms in total. The molecular formula is C15H23ClN4O5S. The highest BCUT2D eigenvalue weighted by Gasteiger charge is 2.34. The predicted octanol–water partition coefficient (Wildman–Crippen LogP) is 1.07. The van der Waals surface area contributed by atoms with Crippen LogP contribution in [0.15, 0.2) is 29.2 Å². The molecule has 0 bridgehead atoms. The van der Waals surface area contributed by atoms with Crippen LogP contribution in [0, 0.1) is 10.1 Å². The lowest BCUT2D eigenvalue weighted by atomic mass is 9.82. The molecule has 1 aromatic carbocycles. The van der Waals surface area contributed by atoms with Crippen molar-refractivity contribution >= 4 is 34.0 Å². The van der Waals surface area contributed by atoms with Gasteiger partial charge in [-0.15, -0.1) is 12.4 Å². The summed E-state index contributed by atoms with van der Waals surface area (Å²) in [6, 6.07) is 4.77. The average Bonchev–Trinajstić information content (AvgIpc) is 2.59. The van der Waals surface area contributed by atoms with E-state index < -0.39 is 20.5 Å². The van der Waals surface area contributed by atoms with Crippen LogP contribution < -0.4 is 15.8 Å². The van der Waals surface area contributed by atoms with Gasteiger partial charge in [0.2, 0.25) is 15.9 Å². The van der Waals surface area contributed by atoms with Crippen LogP contribution in [0.5, 0.6) is 0 Å². The number of benzene rings is 1. The number of rotatable bonds is 7. The number of hydrogen-bond donors (Lipinski definition) is 3. The maximum Gasteiger partial charge on any atom is 0.270 e. The molecular weight excluding hydrogens is 384 g/mol. The minimum atomic E-state index is -3.89. The van der Waals surface area contributed by atoms with Gasteiger partial charge in [-0.25, -0.2) is 13.1 Å². The number of hydrogen-bond acceptors (Lipinski definition) is 6. The highest BCUT2D eigenvalue weighted by molar-refractivity contribution is 7.89. The van der Waals surface area contributed by atoms with Crippen LogP contribution in [0.3, 0.4) is 0 Å². The molecule has 0 saturated heterocycles. The van der Waals surface area contributed by atoms with Crippen LogP contribution in [0.25, 0.3) is 0 Å². The smallest absolute Gasteiger partial charge is 0.270 e. The van der Waals surface area contributed by atoms with Crippen LogP contribution in [0.4, 0.5) is 5.69 Å². The summed E-state index contributed by atoms with van der Waals surface area (Å²) in [7, 11) is -3.89. The Hall–Kier alpha value is -1.75. The first kappa shape index (κ1) is 22.3. The number of non-ortho nitro benzene ring substituents is 1. The fraction of sp³-hybridized carbons (Fsp3) is 0.533. The van der Waals surface area contributed by atoms with Crippen molar-refractivity contribution in [2.75, 3.05) is 13.1 Å². The standard InChI is InChI=1S/C15H22N4O5S.ClH/c16-15(7-2-1-3-8-15)14(20)17-9-10-18-25(23,24)13-6-4-5-12(11-13)19(21)22;/h4-6,11,18H,1-3,7-10,16H2,(H,17,20);1H. The fourth-order valence-corrected chi connectivity index (χ4v) is 3.87. The normalized spacial score (nSPS) is 16.3.